The van der Waals surface area contributed by atoms with Gasteiger partial charge in [0.2, 0.25) is 0 Å². The van der Waals surface area contributed by atoms with Crippen LogP contribution >= 0.6 is 0 Å². The molecule has 4 heteroatoms. The van der Waals surface area contributed by atoms with Crippen molar-refractivity contribution in [1.82, 2.24) is 5.32 Å². The summed E-state index contributed by atoms with van der Waals surface area (Å²) < 4.78 is 38.5. The minimum Gasteiger partial charge on any atom is -0.319 e. The Morgan fingerprint density at radius 2 is 2.00 bits per heavy atom. The largest absolute Gasteiger partial charge is 0.416 e. The van der Waals surface area contributed by atoms with Crippen molar-refractivity contribution in [1.29, 1.82) is 0 Å². The van der Waals surface area contributed by atoms with E-state index in [-0.39, 0.29) is 5.41 Å². The van der Waals surface area contributed by atoms with Gasteiger partial charge >= 0.3 is 6.18 Å². The van der Waals surface area contributed by atoms with Crippen LogP contribution in [0, 0.1) is 5.92 Å². The van der Waals surface area contributed by atoms with Gasteiger partial charge in [-0.3, -0.25) is 0 Å². The zero-order valence-corrected chi connectivity index (χ0v) is 12.1. The quantitative estimate of drug-likeness (QED) is 0.847. The highest BCUT2D eigenvalue weighted by molar-refractivity contribution is 5.34. The molecule has 0 saturated heterocycles. The molecule has 0 bridgehead atoms. The molecule has 0 unspecified atom stereocenters. The summed E-state index contributed by atoms with van der Waals surface area (Å²) in [5, 5.41) is 3.15. The fourth-order valence-electron chi connectivity index (χ4n) is 3.50. The summed E-state index contributed by atoms with van der Waals surface area (Å²) >= 11 is 0. The van der Waals surface area contributed by atoms with Crippen LogP contribution in [0.25, 0.3) is 0 Å². The van der Waals surface area contributed by atoms with Crippen LogP contribution in [0.3, 0.4) is 0 Å². The van der Waals surface area contributed by atoms with Crippen LogP contribution in [0.4, 0.5) is 13.2 Å². The highest BCUT2D eigenvalue weighted by atomic mass is 19.4. The van der Waals surface area contributed by atoms with Gasteiger partial charge < -0.3 is 5.32 Å². The van der Waals surface area contributed by atoms with E-state index in [4.69, 9.17) is 0 Å². The normalized spacial score (nSPS) is 26.4. The molecule has 0 amide bonds. The highest BCUT2D eigenvalue weighted by Crippen LogP contribution is 2.49. The second kappa shape index (κ2) is 5.76. The highest BCUT2D eigenvalue weighted by Gasteiger charge is 2.45. The third-order valence-corrected chi connectivity index (χ3v) is 4.37. The number of hydrogen-bond acceptors (Lipinski definition) is 1. The predicted octanol–water partition coefficient (Wildman–Crippen LogP) is 4.37. The van der Waals surface area contributed by atoms with E-state index >= 15 is 0 Å². The van der Waals surface area contributed by atoms with Gasteiger partial charge in [-0.1, -0.05) is 38.0 Å². The second-order valence-corrected chi connectivity index (χ2v) is 5.95. The predicted molar refractivity (Wildman–Crippen MR) is 74.7 cm³/mol. The summed E-state index contributed by atoms with van der Waals surface area (Å²) in [5.41, 5.74) is 0.175. The molecular formula is C16H22F3N. The van der Waals surface area contributed by atoms with E-state index in [9.17, 15) is 13.2 Å². The van der Waals surface area contributed by atoms with Crippen molar-refractivity contribution >= 4 is 0 Å². The molecule has 1 aliphatic carbocycles. The molecule has 1 saturated carbocycles. The van der Waals surface area contributed by atoms with E-state index in [0.29, 0.717) is 5.92 Å². The fourth-order valence-corrected chi connectivity index (χ4v) is 3.50. The van der Waals surface area contributed by atoms with Crippen molar-refractivity contribution in [2.24, 2.45) is 5.92 Å². The maximum atomic E-state index is 12.8. The number of likely N-dealkylation sites (N-methyl/N-ethyl adjacent to an activating group) is 1. The summed E-state index contributed by atoms with van der Waals surface area (Å²) in [7, 11) is 1.86. The lowest BCUT2D eigenvalue weighted by molar-refractivity contribution is -0.137. The molecule has 0 radical (unpaired) electrons. The molecule has 2 rings (SSSR count). The molecule has 0 atom stereocenters. The Hall–Kier alpha value is -1.03. The first-order valence-electron chi connectivity index (χ1n) is 7.23. The fraction of sp³-hybridized carbons (Fsp3) is 0.625. The van der Waals surface area contributed by atoms with Crippen molar-refractivity contribution in [3.63, 3.8) is 0 Å². The maximum Gasteiger partial charge on any atom is 0.416 e. The molecule has 1 N–H and O–H groups in total. The van der Waals surface area contributed by atoms with Gasteiger partial charge in [-0.15, -0.1) is 0 Å². The molecular weight excluding hydrogens is 263 g/mol. The minimum absolute atomic E-state index is 0.115. The number of rotatable bonds is 5. The Kier molecular flexibility index (Phi) is 4.43. The van der Waals surface area contributed by atoms with Gasteiger partial charge in [0.25, 0.3) is 0 Å². The summed E-state index contributed by atoms with van der Waals surface area (Å²) in [6.45, 7) is 2.90. The van der Waals surface area contributed by atoms with Gasteiger partial charge in [-0.05, 0) is 37.4 Å². The van der Waals surface area contributed by atoms with Crippen molar-refractivity contribution in [3.05, 3.63) is 35.4 Å². The van der Waals surface area contributed by atoms with Crippen molar-refractivity contribution in [2.75, 3.05) is 13.6 Å². The first-order chi connectivity index (χ1) is 9.41. The molecule has 0 spiro atoms. The monoisotopic (exact) mass is 285 g/mol. The van der Waals surface area contributed by atoms with Crippen molar-refractivity contribution < 1.29 is 13.2 Å². The van der Waals surface area contributed by atoms with Crippen LogP contribution in [-0.4, -0.2) is 13.6 Å². The van der Waals surface area contributed by atoms with Crippen LogP contribution < -0.4 is 5.32 Å². The van der Waals surface area contributed by atoms with Crippen LogP contribution in [0.15, 0.2) is 24.3 Å². The molecule has 1 aromatic carbocycles. The standard InChI is InChI=1S/C16H22F3N/c1-3-5-12-9-15(10-12,11-20-2)13-6-4-7-14(8-13)16(17,18)19/h4,6-8,12,20H,3,5,9-11H2,1-2H3. The van der Waals surface area contributed by atoms with Crippen LogP contribution in [0.1, 0.15) is 43.7 Å². The Morgan fingerprint density at radius 3 is 2.55 bits per heavy atom. The number of hydrogen-bond donors (Lipinski definition) is 1. The van der Waals surface area contributed by atoms with E-state index in [0.717, 1.165) is 37.4 Å². The van der Waals surface area contributed by atoms with Crippen LogP contribution in [-0.2, 0) is 11.6 Å². The molecule has 112 valence electrons. The Balaban J connectivity index is 2.23. The number of benzene rings is 1. The minimum atomic E-state index is -4.26. The molecule has 1 aromatic rings. The summed E-state index contributed by atoms with van der Waals surface area (Å²) in [4.78, 5) is 0. The van der Waals surface area contributed by atoms with Crippen molar-refractivity contribution in [3.8, 4) is 0 Å². The third-order valence-electron chi connectivity index (χ3n) is 4.37. The number of alkyl halides is 3. The zero-order valence-electron chi connectivity index (χ0n) is 12.1. The Bertz CT molecular complexity index is 447. The van der Waals surface area contributed by atoms with Gasteiger partial charge in [0, 0.05) is 12.0 Å². The van der Waals surface area contributed by atoms with Gasteiger partial charge in [-0.2, -0.15) is 13.2 Å². The van der Waals surface area contributed by atoms with Crippen molar-refractivity contribution in [2.45, 2.75) is 44.2 Å². The summed E-state index contributed by atoms with van der Waals surface area (Å²) in [5.74, 6) is 0.655. The molecule has 1 aliphatic rings. The molecule has 1 nitrogen and oxygen atoms in total. The molecule has 0 heterocycles. The van der Waals surface area contributed by atoms with Crippen LogP contribution in [0.2, 0.25) is 0 Å². The summed E-state index contributed by atoms with van der Waals surface area (Å²) in [6.07, 6.45) is 0.0305. The smallest absolute Gasteiger partial charge is 0.319 e. The molecule has 0 aliphatic heterocycles. The molecule has 20 heavy (non-hydrogen) atoms. The lowest BCUT2D eigenvalue weighted by atomic mass is 9.57. The summed E-state index contributed by atoms with van der Waals surface area (Å²) in [6, 6.07) is 5.86. The average Bonchev–Trinajstić information content (AvgIpc) is 2.35. The number of nitrogens with one attached hydrogen (secondary N) is 1. The van der Waals surface area contributed by atoms with Gasteiger partial charge in [0.15, 0.2) is 0 Å². The van der Waals surface area contributed by atoms with Gasteiger partial charge in [-0.25, -0.2) is 0 Å². The topological polar surface area (TPSA) is 12.0 Å². The van der Waals surface area contributed by atoms with E-state index < -0.39 is 11.7 Å². The van der Waals surface area contributed by atoms with Gasteiger partial charge in [0.05, 0.1) is 5.56 Å². The van der Waals surface area contributed by atoms with Crippen LogP contribution in [0.5, 0.6) is 0 Å². The SMILES string of the molecule is CCCC1CC(CNC)(c2cccc(C(F)(F)F)c2)C1. The van der Waals surface area contributed by atoms with Gasteiger partial charge in [0.1, 0.15) is 0 Å². The first-order valence-corrected chi connectivity index (χ1v) is 7.23. The Morgan fingerprint density at radius 1 is 1.30 bits per heavy atom. The van der Waals surface area contributed by atoms with E-state index in [1.807, 2.05) is 13.1 Å². The van der Waals surface area contributed by atoms with E-state index in [1.54, 1.807) is 0 Å². The first kappa shape index (κ1) is 15.4. The lowest BCUT2D eigenvalue weighted by Gasteiger charge is -2.49. The molecule has 0 aromatic heterocycles. The van der Waals surface area contributed by atoms with E-state index in [1.165, 1.54) is 18.6 Å². The zero-order chi connectivity index (χ0) is 14.8. The average molecular weight is 285 g/mol. The number of halogens is 3. The van der Waals surface area contributed by atoms with E-state index in [2.05, 4.69) is 12.2 Å². The lowest BCUT2D eigenvalue weighted by Crippen LogP contribution is -2.48. The maximum absolute atomic E-state index is 12.8. The Labute approximate surface area is 118 Å². The third kappa shape index (κ3) is 3.00. The second-order valence-electron chi connectivity index (χ2n) is 5.95. The molecule has 1 fully saturated rings.